The fraction of sp³-hybridized carbons (Fsp3) is 0.625. The van der Waals surface area contributed by atoms with Gasteiger partial charge in [-0.15, -0.1) is 0 Å². The van der Waals surface area contributed by atoms with Crippen LogP contribution in [0.15, 0.2) is 24.3 Å². The van der Waals surface area contributed by atoms with E-state index in [1.165, 1.54) is 16.4 Å². The van der Waals surface area contributed by atoms with E-state index >= 15 is 0 Å². The molecule has 0 spiro atoms. The maximum Gasteiger partial charge on any atom is 0.218 e. The summed E-state index contributed by atoms with van der Waals surface area (Å²) >= 11 is 0. The van der Waals surface area contributed by atoms with E-state index in [1.807, 2.05) is 13.8 Å². The van der Waals surface area contributed by atoms with Crippen LogP contribution >= 0.6 is 0 Å². The molecule has 0 bridgehead atoms. The number of rotatable bonds is 7. The third kappa shape index (κ3) is 5.53. The van der Waals surface area contributed by atoms with Crippen molar-refractivity contribution in [3.05, 3.63) is 35.6 Å². The molecule has 5 nitrogen and oxygen atoms in total. The van der Waals surface area contributed by atoms with Gasteiger partial charge in [-0.1, -0.05) is 18.2 Å². The molecule has 1 heterocycles. The molecule has 2 rings (SSSR count). The van der Waals surface area contributed by atoms with Gasteiger partial charge in [0.15, 0.2) is 0 Å². The minimum atomic E-state index is -3.48. The van der Waals surface area contributed by atoms with Crippen LogP contribution in [0.1, 0.15) is 19.4 Å². The lowest BCUT2D eigenvalue weighted by Gasteiger charge is -2.34. The van der Waals surface area contributed by atoms with Crippen molar-refractivity contribution in [2.45, 2.75) is 25.7 Å². The molecule has 130 valence electrons. The average Bonchev–Trinajstić information content (AvgIpc) is 2.50. The van der Waals surface area contributed by atoms with Gasteiger partial charge in [0.2, 0.25) is 10.0 Å². The van der Waals surface area contributed by atoms with Crippen LogP contribution in [0.4, 0.5) is 4.39 Å². The first-order chi connectivity index (χ1) is 10.9. The zero-order valence-electron chi connectivity index (χ0n) is 13.7. The van der Waals surface area contributed by atoms with Crippen LogP contribution in [0.3, 0.4) is 0 Å². The minimum absolute atomic E-state index is 0.206. The molecule has 7 heteroatoms. The molecule has 1 aliphatic heterocycles. The Bertz CT molecular complexity index is 599. The zero-order chi connectivity index (χ0) is 16.9. The summed E-state index contributed by atoms with van der Waals surface area (Å²) in [6.45, 7) is 7.69. The number of hydrogen-bond donors (Lipinski definition) is 0. The topological polar surface area (TPSA) is 49.9 Å². The van der Waals surface area contributed by atoms with Crippen molar-refractivity contribution in [3.8, 4) is 0 Å². The van der Waals surface area contributed by atoms with Gasteiger partial charge in [0.25, 0.3) is 0 Å². The molecule has 1 aromatic rings. The summed E-state index contributed by atoms with van der Waals surface area (Å²) in [7, 11) is -3.48. The predicted octanol–water partition coefficient (Wildman–Crippen LogP) is 1.70. The van der Waals surface area contributed by atoms with Gasteiger partial charge in [-0.3, -0.25) is 4.90 Å². The SMILES string of the molecule is CC(C)OCCN1CCN(S(=O)(=O)Cc2ccccc2F)CC1. The number of halogens is 1. The lowest BCUT2D eigenvalue weighted by Crippen LogP contribution is -2.49. The van der Waals surface area contributed by atoms with Crippen LogP contribution in [0.5, 0.6) is 0 Å². The molecule has 0 unspecified atom stereocenters. The predicted molar refractivity (Wildman–Crippen MR) is 88.1 cm³/mol. The Balaban J connectivity index is 1.85. The van der Waals surface area contributed by atoms with E-state index in [9.17, 15) is 12.8 Å². The molecule has 1 fully saturated rings. The van der Waals surface area contributed by atoms with E-state index in [0.29, 0.717) is 32.8 Å². The van der Waals surface area contributed by atoms with Crippen LogP contribution < -0.4 is 0 Å². The Labute approximate surface area is 138 Å². The van der Waals surface area contributed by atoms with E-state index in [4.69, 9.17) is 4.74 Å². The summed E-state index contributed by atoms with van der Waals surface area (Å²) in [6.07, 6.45) is 0.206. The number of nitrogens with zero attached hydrogens (tertiary/aromatic N) is 2. The molecule has 0 N–H and O–H groups in total. The third-order valence-electron chi connectivity index (χ3n) is 3.88. The highest BCUT2D eigenvalue weighted by Gasteiger charge is 2.27. The van der Waals surface area contributed by atoms with Crippen molar-refractivity contribution in [1.82, 2.24) is 9.21 Å². The largest absolute Gasteiger partial charge is 0.377 e. The average molecular weight is 344 g/mol. The summed E-state index contributed by atoms with van der Waals surface area (Å²) in [4.78, 5) is 2.19. The molecule has 1 aliphatic rings. The molecule has 0 aliphatic carbocycles. The Morgan fingerprint density at radius 3 is 2.43 bits per heavy atom. The van der Waals surface area contributed by atoms with Gasteiger partial charge in [-0.25, -0.2) is 12.8 Å². The van der Waals surface area contributed by atoms with Crippen LogP contribution in [0.2, 0.25) is 0 Å². The quantitative estimate of drug-likeness (QED) is 0.755. The van der Waals surface area contributed by atoms with Crippen LogP contribution in [0.25, 0.3) is 0 Å². The number of ether oxygens (including phenoxy) is 1. The van der Waals surface area contributed by atoms with Crippen molar-refractivity contribution in [1.29, 1.82) is 0 Å². The third-order valence-corrected chi connectivity index (χ3v) is 5.71. The molecular formula is C16H25FN2O3S. The first-order valence-electron chi connectivity index (χ1n) is 7.93. The summed E-state index contributed by atoms with van der Waals surface area (Å²) in [5, 5.41) is 0. The highest BCUT2D eigenvalue weighted by atomic mass is 32.2. The first kappa shape index (κ1) is 18.3. The lowest BCUT2D eigenvalue weighted by atomic mass is 10.2. The number of sulfonamides is 1. The second-order valence-electron chi connectivity index (χ2n) is 6.01. The second-order valence-corrected chi connectivity index (χ2v) is 7.98. The molecule has 23 heavy (non-hydrogen) atoms. The smallest absolute Gasteiger partial charge is 0.218 e. The standard InChI is InChI=1S/C16H25FN2O3S/c1-14(2)22-12-11-18-7-9-19(10-8-18)23(20,21)13-15-5-3-4-6-16(15)17/h3-6,14H,7-13H2,1-2H3. The monoisotopic (exact) mass is 344 g/mol. The fourth-order valence-corrected chi connectivity index (χ4v) is 4.08. The Hall–Kier alpha value is -1.02. The van der Waals surface area contributed by atoms with Gasteiger partial charge in [0, 0.05) is 38.3 Å². The van der Waals surface area contributed by atoms with Gasteiger partial charge in [-0.2, -0.15) is 4.31 Å². The molecule has 0 saturated carbocycles. The van der Waals surface area contributed by atoms with Crippen LogP contribution in [-0.2, 0) is 20.5 Å². The molecule has 1 aromatic carbocycles. The molecule has 0 radical (unpaired) electrons. The fourth-order valence-electron chi connectivity index (χ4n) is 2.55. The molecule has 0 amide bonds. The van der Waals surface area contributed by atoms with E-state index in [-0.39, 0.29) is 17.4 Å². The van der Waals surface area contributed by atoms with E-state index in [1.54, 1.807) is 12.1 Å². The number of piperazine rings is 1. The second kappa shape index (κ2) is 8.19. The van der Waals surface area contributed by atoms with Gasteiger partial charge in [0.05, 0.1) is 18.5 Å². The number of benzene rings is 1. The van der Waals surface area contributed by atoms with Crippen LogP contribution in [0, 0.1) is 5.82 Å². The summed E-state index contributed by atoms with van der Waals surface area (Å²) in [5.41, 5.74) is 0.222. The Morgan fingerprint density at radius 1 is 1.17 bits per heavy atom. The maximum absolute atomic E-state index is 13.6. The molecule has 0 atom stereocenters. The van der Waals surface area contributed by atoms with Crippen molar-refractivity contribution in [2.24, 2.45) is 0 Å². The van der Waals surface area contributed by atoms with Crippen LogP contribution in [-0.4, -0.2) is 63.1 Å². The van der Waals surface area contributed by atoms with E-state index in [2.05, 4.69) is 4.90 Å². The Morgan fingerprint density at radius 2 is 1.83 bits per heavy atom. The molecule has 0 aromatic heterocycles. The first-order valence-corrected chi connectivity index (χ1v) is 9.54. The van der Waals surface area contributed by atoms with E-state index < -0.39 is 15.8 Å². The maximum atomic E-state index is 13.6. The normalized spacial score (nSPS) is 17.7. The minimum Gasteiger partial charge on any atom is -0.377 e. The number of hydrogen-bond acceptors (Lipinski definition) is 4. The Kier molecular flexibility index (Phi) is 6.52. The van der Waals surface area contributed by atoms with Gasteiger partial charge < -0.3 is 4.74 Å². The highest BCUT2D eigenvalue weighted by Crippen LogP contribution is 2.16. The van der Waals surface area contributed by atoms with Crippen molar-refractivity contribution in [2.75, 3.05) is 39.3 Å². The van der Waals surface area contributed by atoms with E-state index in [0.717, 1.165) is 6.54 Å². The summed E-state index contributed by atoms with van der Waals surface area (Å²) in [5.74, 6) is -0.753. The lowest BCUT2D eigenvalue weighted by molar-refractivity contribution is 0.0521. The van der Waals surface area contributed by atoms with Crippen molar-refractivity contribution in [3.63, 3.8) is 0 Å². The van der Waals surface area contributed by atoms with Gasteiger partial charge in [0.1, 0.15) is 5.82 Å². The summed E-state index contributed by atoms with van der Waals surface area (Å²) < 4.78 is 45.5. The molecular weight excluding hydrogens is 319 g/mol. The zero-order valence-corrected chi connectivity index (χ0v) is 14.6. The molecule has 1 saturated heterocycles. The summed E-state index contributed by atoms with van der Waals surface area (Å²) in [6, 6.07) is 6.02. The van der Waals surface area contributed by atoms with Crippen molar-refractivity contribution < 1.29 is 17.5 Å². The van der Waals surface area contributed by atoms with Gasteiger partial charge >= 0.3 is 0 Å². The van der Waals surface area contributed by atoms with Crippen molar-refractivity contribution >= 4 is 10.0 Å². The van der Waals surface area contributed by atoms with Gasteiger partial charge in [-0.05, 0) is 19.9 Å². The highest BCUT2D eigenvalue weighted by molar-refractivity contribution is 7.88.